The van der Waals surface area contributed by atoms with Crippen molar-refractivity contribution in [1.29, 1.82) is 0 Å². The van der Waals surface area contributed by atoms with Crippen molar-refractivity contribution in [2.45, 2.75) is 32.7 Å². The van der Waals surface area contributed by atoms with Crippen molar-refractivity contribution >= 4 is 17.6 Å². The van der Waals surface area contributed by atoms with E-state index in [4.69, 9.17) is 10.5 Å². The second kappa shape index (κ2) is 6.78. The number of ether oxygens (including phenoxy) is 1. The molecule has 0 saturated heterocycles. The lowest BCUT2D eigenvalue weighted by atomic mass is 10.0. The molecule has 1 aromatic rings. The van der Waals surface area contributed by atoms with Crippen LogP contribution in [0.15, 0.2) is 24.3 Å². The predicted octanol–water partition coefficient (Wildman–Crippen LogP) is 1.44. The Morgan fingerprint density at radius 1 is 1.32 bits per heavy atom. The minimum Gasteiger partial charge on any atom is -0.455 e. The largest absolute Gasteiger partial charge is 0.455 e. The Hall–Kier alpha value is -2.04. The number of hydrogen-bond donors (Lipinski definition) is 2. The Labute approximate surface area is 113 Å². The Morgan fingerprint density at radius 3 is 2.58 bits per heavy atom. The summed E-state index contributed by atoms with van der Waals surface area (Å²) >= 11 is 0. The number of esters is 1. The summed E-state index contributed by atoms with van der Waals surface area (Å²) in [6.45, 7) is 5.14. The molecule has 0 bridgehead atoms. The molecule has 0 aliphatic carbocycles. The van der Waals surface area contributed by atoms with Gasteiger partial charge in [-0.15, -0.1) is 0 Å². The molecule has 0 aliphatic rings. The van der Waals surface area contributed by atoms with E-state index >= 15 is 0 Å². The van der Waals surface area contributed by atoms with Crippen LogP contribution in [0, 0.1) is 0 Å². The molecule has 0 aromatic heterocycles. The van der Waals surface area contributed by atoms with Crippen molar-refractivity contribution in [2.24, 2.45) is 0 Å². The van der Waals surface area contributed by atoms with Gasteiger partial charge in [0.25, 0.3) is 5.91 Å². The smallest absolute Gasteiger partial charge is 0.313 e. The zero-order valence-corrected chi connectivity index (χ0v) is 11.5. The maximum atomic E-state index is 11.8. The van der Waals surface area contributed by atoms with Crippen LogP contribution < -0.4 is 11.1 Å². The van der Waals surface area contributed by atoms with Gasteiger partial charge in [0.2, 0.25) is 0 Å². The molecule has 104 valence electrons. The molecular formula is C14H20N2O3. The summed E-state index contributed by atoms with van der Waals surface area (Å²) in [4.78, 5) is 23.2. The number of rotatable bonds is 5. The highest BCUT2D eigenvalue weighted by atomic mass is 16.5. The van der Waals surface area contributed by atoms with E-state index < -0.39 is 11.9 Å². The molecule has 0 aliphatic heterocycles. The van der Waals surface area contributed by atoms with Crippen molar-refractivity contribution < 1.29 is 14.3 Å². The summed E-state index contributed by atoms with van der Waals surface area (Å²) in [7, 11) is 0. The summed E-state index contributed by atoms with van der Waals surface area (Å²) in [5, 5.41) is 2.65. The lowest BCUT2D eigenvalue weighted by Crippen LogP contribution is -2.34. The number of hydrogen-bond acceptors (Lipinski definition) is 4. The molecule has 1 aromatic carbocycles. The molecule has 1 atom stereocenters. The molecule has 0 saturated carbocycles. The quantitative estimate of drug-likeness (QED) is 0.623. The third-order valence-electron chi connectivity index (χ3n) is 2.56. The third-order valence-corrected chi connectivity index (χ3v) is 2.56. The van der Waals surface area contributed by atoms with Gasteiger partial charge in [-0.1, -0.05) is 12.1 Å². The molecule has 1 rings (SSSR count). The maximum Gasteiger partial charge on any atom is 0.313 e. The highest BCUT2D eigenvalue weighted by molar-refractivity contribution is 5.83. The van der Waals surface area contributed by atoms with Gasteiger partial charge >= 0.3 is 5.97 Å². The molecule has 0 heterocycles. The van der Waals surface area contributed by atoms with Gasteiger partial charge < -0.3 is 15.8 Å². The van der Waals surface area contributed by atoms with Gasteiger partial charge in [0.05, 0.1) is 5.92 Å². The normalized spacial score (nSPS) is 12.0. The first-order valence-corrected chi connectivity index (χ1v) is 6.21. The highest BCUT2D eigenvalue weighted by Crippen LogP contribution is 2.18. The van der Waals surface area contributed by atoms with Crippen LogP contribution >= 0.6 is 0 Å². The standard InChI is InChI=1S/C14H20N2O3/c1-9(2)16-13(17)8-19-14(18)10(3)11-5-4-6-12(15)7-11/h4-7,9-10H,8,15H2,1-3H3,(H,16,17). The van der Waals surface area contributed by atoms with Crippen LogP contribution in [0.1, 0.15) is 32.3 Å². The number of carbonyl (C=O) groups is 2. The van der Waals surface area contributed by atoms with Crippen LogP contribution in [-0.2, 0) is 14.3 Å². The van der Waals surface area contributed by atoms with Crippen molar-refractivity contribution in [3.63, 3.8) is 0 Å². The van der Waals surface area contributed by atoms with Crippen LogP contribution in [0.4, 0.5) is 5.69 Å². The first-order chi connectivity index (χ1) is 8.90. The minimum atomic E-state index is -0.449. The fourth-order valence-corrected chi connectivity index (χ4v) is 1.59. The molecule has 0 spiro atoms. The van der Waals surface area contributed by atoms with Gasteiger partial charge in [-0.25, -0.2) is 0 Å². The van der Waals surface area contributed by atoms with Crippen LogP contribution in [-0.4, -0.2) is 24.5 Å². The van der Waals surface area contributed by atoms with Gasteiger partial charge in [0.15, 0.2) is 6.61 Å². The van der Waals surface area contributed by atoms with Crippen LogP contribution in [0.25, 0.3) is 0 Å². The van der Waals surface area contributed by atoms with Crippen molar-refractivity contribution in [3.8, 4) is 0 Å². The molecule has 0 radical (unpaired) electrons. The van der Waals surface area contributed by atoms with Gasteiger partial charge in [-0.3, -0.25) is 9.59 Å². The number of benzene rings is 1. The first-order valence-electron chi connectivity index (χ1n) is 6.21. The van der Waals surface area contributed by atoms with E-state index in [1.807, 2.05) is 13.8 Å². The second-order valence-electron chi connectivity index (χ2n) is 4.72. The third kappa shape index (κ3) is 4.99. The number of nitrogens with two attached hydrogens (primary N) is 1. The van der Waals surface area contributed by atoms with E-state index in [1.165, 1.54) is 0 Å². The zero-order valence-electron chi connectivity index (χ0n) is 11.5. The molecule has 19 heavy (non-hydrogen) atoms. The van der Waals surface area contributed by atoms with E-state index in [-0.39, 0.29) is 18.6 Å². The topological polar surface area (TPSA) is 81.4 Å². The Morgan fingerprint density at radius 2 is 2.00 bits per heavy atom. The average molecular weight is 264 g/mol. The van der Waals surface area contributed by atoms with Gasteiger partial charge in [-0.05, 0) is 38.5 Å². The zero-order chi connectivity index (χ0) is 14.4. The molecule has 5 nitrogen and oxygen atoms in total. The monoisotopic (exact) mass is 264 g/mol. The molecule has 0 fully saturated rings. The highest BCUT2D eigenvalue weighted by Gasteiger charge is 2.18. The fraction of sp³-hybridized carbons (Fsp3) is 0.429. The van der Waals surface area contributed by atoms with Crippen LogP contribution in [0.2, 0.25) is 0 Å². The number of carbonyl (C=O) groups excluding carboxylic acids is 2. The van der Waals surface area contributed by atoms with Gasteiger partial charge in [0.1, 0.15) is 0 Å². The van der Waals surface area contributed by atoms with E-state index in [0.717, 1.165) is 5.56 Å². The van der Waals surface area contributed by atoms with E-state index in [0.29, 0.717) is 5.69 Å². The van der Waals surface area contributed by atoms with Crippen LogP contribution in [0.5, 0.6) is 0 Å². The van der Waals surface area contributed by atoms with Crippen molar-refractivity contribution in [1.82, 2.24) is 5.32 Å². The first kappa shape index (κ1) is 15.0. The van der Waals surface area contributed by atoms with Gasteiger partial charge in [0, 0.05) is 11.7 Å². The Bertz CT molecular complexity index is 458. The lowest BCUT2D eigenvalue weighted by Gasteiger charge is -2.13. The lowest BCUT2D eigenvalue weighted by molar-refractivity contribution is -0.149. The number of amides is 1. The number of nitrogens with one attached hydrogen (secondary N) is 1. The fourth-order valence-electron chi connectivity index (χ4n) is 1.59. The van der Waals surface area contributed by atoms with Crippen molar-refractivity contribution in [3.05, 3.63) is 29.8 Å². The van der Waals surface area contributed by atoms with E-state index in [2.05, 4.69) is 5.32 Å². The molecule has 3 N–H and O–H groups in total. The average Bonchev–Trinajstić information content (AvgIpc) is 2.34. The second-order valence-corrected chi connectivity index (χ2v) is 4.72. The predicted molar refractivity (Wildman–Crippen MR) is 73.5 cm³/mol. The number of nitrogen functional groups attached to an aromatic ring is 1. The summed E-state index contributed by atoms with van der Waals surface area (Å²) in [5.74, 6) is -1.19. The molecule has 1 unspecified atom stereocenters. The summed E-state index contributed by atoms with van der Waals surface area (Å²) < 4.78 is 4.97. The Kier molecular flexibility index (Phi) is 5.36. The summed E-state index contributed by atoms with van der Waals surface area (Å²) in [5.41, 5.74) is 7.02. The van der Waals surface area contributed by atoms with Crippen molar-refractivity contribution in [2.75, 3.05) is 12.3 Å². The summed E-state index contributed by atoms with van der Waals surface area (Å²) in [6.07, 6.45) is 0. The van der Waals surface area contributed by atoms with E-state index in [9.17, 15) is 9.59 Å². The SMILES string of the molecule is CC(C)NC(=O)COC(=O)C(C)c1cccc(N)c1. The van der Waals surface area contributed by atoms with E-state index in [1.54, 1.807) is 31.2 Å². The Balaban J connectivity index is 2.52. The summed E-state index contributed by atoms with van der Waals surface area (Å²) in [6, 6.07) is 7.08. The van der Waals surface area contributed by atoms with Crippen LogP contribution in [0.3, 0.4) is 0 Å². The minimum absolute atomic E-state index is 0.0255. The molecule has 1 amide bonds. The van der Waals surface area contributed by atoms with Gasteiger partial charge in [-0.2, -0.15) is 0 Å². The molecule has 5 heteroatoms. The molecular weight excluding hydrogens is 244 g/mol. The number of anilines is 1. The maximum absolute atomic E-state index is 11.8.